The summed E-state index contributed by atoms with van der Waals surface area (Å²) in [6.45, 7) is 9.27. The van der Waals surface area contributed by atoms with Gasteiger partial charge in [0, 0.05) is 26.2 Å². The molecular weight excluding hydrogens is 480 g/mol. The number of ether oxygens (including phenoxy) is 2. The van der Waals surface area contributed by atoms with Gasteiger partial charge in [-0.15, -0.1) is 0 Å². The largest absolute Gasteiger partial charge is 0.503 e. The number of allylic oxidation sites excluding steroid dienone is 1. The van der Waals surface area contributed by atoms with Gasteiger partial charge >= 0.3 is 0 Å². The highest BCUT2D eigenvalue weighted by molar-refractivity contribution is 6.14. The molecule has 7 heteroatoms. The Morgan fingerprint density at radius 3 is 2.61 bits per heavy atom. The van der Waals surface area contributed by atoms with E-state index in [-0.39, 0.29) is 11.4 Å². The smallest absolute Gasteiger partial charge is 0.290 e. The van der Waals surface area contributed by atoms with Crippen LogP contribution < -0.4 is 4.74 Å². The van der Waals surface area contributed by atoms with Crippen molar-refractivity contribution in [2.75, 3.05) is 46.0 Å². The molecule has 2 heterocycles. The maximum Gasteiger partial charge on any atom is 0.290 e. The van der Waals surface area contributed by atoms with Gasteiger partial charge in [-0.05, 0) is 48.1 Å². The van der Waals surface area contributed by atoms with E-state index < -0.39 is 17.7 Å². The lowest BCUT2D eigenvalue weighted by Crippen LogP contribution is -2.39. The Hall–Kier alpha value is -3.42. The van der Waals surface area contributed by atoms with E-state index in [1.807, 2.05) is 54.6 Å². The van der Waals surface area contributed by atoms with Crippen molar-refractivity contribution in [1.29, 1.82) is 0 Å². The number of aliphatic hydroxyl groups excluding tert-OH is 1. The van der Waals surface area contributed by atoms with Crippen LogP contribution in [0.4, 0.5) is 0 Å². The molecule has 1 saturated heterocycles. The van der Waals surface area contributed by atoms with Crippen molar-refractivity contribution in [3.63, 3.8) is 0 Å². The average molecular weight is 519 g/mol. The van der Waals surface area contributed by atoms with Crippen LogP contribution in [0.5, 0.6) is 5.75 Å². The molecule has 2 aliphatic rings. The summed E-state index contributed by atoms with van der Waals surface area (Å²) in [6.07, 6.45) is 4.79. The van der Waals surface area contributed by atoms with Crippen LogP contribution in [0, 0.1) is 5.92 Å². The maximum absolute atomic E-state index is 13.4. The molecule has 0 bridgehead atoms. The third-order valence-corrected chi connectivity index (χ3v) is 6.91. The lowest BCUT2D eigenvalue weighted by Gasteiger charge is -2.30. The summed E-state index contributed by atoms with van der Waals surface area (Å²) in [5, 5.41) is 10.9. The fraction of sp³-hybridized carbons (Fsp3) is 0.419. The zero-order valence-electron chi connectivity index (χ0n) is 22.3. The predicted molar refractivity (Wildman–Crippen MR) is 148 cm³/mol. The maximum atomic E-state index is 13.4. The average Bonchev–Trinajstić information content (AvgIpc) is 3.18. The number of benzene rings is 2. The van der Waals surface area contributed by atoms with Crippen molar-refractivity contribution in [2.24, 2.45) is 5.92 Å². The summed E-state index contributed by atoms with van der Waals surface area (Å²) in [7, 11) is 0. The lowest BCUT2D eigenvalue weighted by molar-refractivity contribution is -0.129. The van der Waals surface area contributed by atoms with Crippen LogP contribution in [0.15, 0.2) is 72.0 Å². The van der Waals surface area contributed by atoms with Crippen LogP contribution in [0.2, 0.25) is 0 Å². The summed E-state index contributed by atoms with van der Waals surface area (Å²) in [4.78, 5) is 30.6. The summed E-state index contributed by atoms with van der Waals surface area (Å²) in [5.74, 6) is -0.170. The second-order valence-corrected chi connectivity index (χ2v) is 10.2. The molecule has 0 spiro atoms. The molecule has 38 heavy (non-hydrogen) atoms. The van der Waals surface area contributed by atoms with Gasteiger partial charge in [-0.25, -0.2) is 0 Å². The van der Waals surface area contributed by atoms with Gasteiger partial charge in [0.2, 0.25) is 0 Å². The van der Waals surface area contributed by atoms with Crippen molar-refractivity contribution < 1.29 is 24.2 Å². The van der Waals surface area contributed by atoms with E-state index >= 15 is 0 Å². The molecule has 2 aliphatic heterocycles. The van der Waals surface area contributed by atoms with Crippen molar-refractivity contribution in [3.8, 4) is 5.75 Å². The van der Waals surface area contributed by atoms with Crippen LogP contribution in [-0.4, -0.2) is 72.6 Å². The number of hydrogen-bond donors (Lipinski definition) is 1. The highest BCUT2D eigenvalue weighted by Gasteiger charge is 2.42. The third-order valence-electron chi connectivity index (χ3n) is 6.91. The molecule has 0 radical (unpaired) electrons. The topological polar surface area (TPSA) is 79.3 Å². The molecule has 1 unspecified atom stereocenters. The van der Waals surface area contributed by atoms with Crippen LogP contribution in [-0.2, 0) is 14.3 Å². The number of carbonyl (C=O) groups is 2. The first-order valence-electron chi connectivity index (χ1n) is 13.5. The zero-order valence-corrected chi connectivity index (χ0v) is 22.3. The van der Waals surface area contributed by atoms with Crippen LogP contribution in [0.3, 0.4) is 0 Å². The molecule has 2 aromatic rings. The number of hydrogen-bond acceptors (Lipinski definition) is 6. The zero-order chi connectivity index (χ0) is 26.9. The molecule has 4 rings (SSSR count). The number of ketones is 1. The molecule has 1 N–H and O–H groups in total. The molecular formula is C31H38N2O5. The Morgan fingerprint density at radius 1 is 1.11 bits per heavy atom. The van der Waals surface area contributed by atoms with Crippen LogP contribution >= 0.6 is 0 Å². The van der Waals surface area contributed by atoms with Crippen molar-refractivity contribution in [2.45, 2.75) is 32.7 Å². The van der Waals surface area contributed by atoms with Gasteiger partial charge in [0.1, 0.15) is 5.75 Å². The highest BCUT2D eigenvalue weighted by atomic mass is 16.5. The van der Waals surface area contributed by atoms with Crippen molar-refractivity contribution in [3.05, 3.63) is 83.1 Å². The Bertz CT molecular complexity index is 1150. The summed E-state index contributed by atoms with van der Waals surface area (Å²) in [5.41, 5.74) is 1.71. The molecule has 1 atom stereocenters. The molecule has 2 aromatic carbocycles. The third kappa shape index (κ3) is 7.11. The number of morpholine rings is 1. The van der Waals surface area contributed by atoms with Gasteiger partial charge in [0.15, 0.2) is 11.5 Å². The van der Waals surface area contributed by atoms with Gasteiger partial charge in [0.05, 0.1) is 31.4 Å². The predicted octanol–water partition coefficient (Wildman–Crippen LogP) is 4.81. The van der Waals surface area contributed by atoms with Gasteiger partial charge in [-0.3, -0.25) is 14.5 Å². The first-order valence-corrected chi connectivity index (χ1v) is 13.5. The van der Waals surface area contributed by atoms with E-state index in [1.54, 1.807) is 11.0 Å². The second-order valence-electron chi connectivity index (χ2n) is 10.2. The van der Waals surface area contributed by atoms with Crippen LogP contribution in [0.25, 0.3) is 6.08 Å². The fourth-order valence-electron chi connectivity index (χ4n) is 4.78. The minimum Gasteiger partial charge on any atom is -0.503 e. The Morgan fingerprint density at radius 2 is 1.87 bits per heavy atom. The molecule has 202 valence electrons. The van der Waals surface area contributed by atoms with E-state index in [1.165, 1.54) is 6.08 Å². The van der Waals surface area contributed by atoms with Gasteiger partial charge in [-0.2, -0.15) is 0 Å². The molecule has 1 amide bonds. The summed E-state index contributed by atoms with van der Waals surface area (Å²) < 4.78 is 11.4. The summed E-state index contributed by atoms with van der Waals surface area (Å²) in [6, 6.07) is 16.3. The van der Waals surface area contributed by atoms with E-state index in [0.717, 1.165) is 43.6 Å². The number of aliphatic hydroxyl groups is 1. The minimum atomic E-state index is -0.686. The van der Waals surface area contributed by atoms with Crippen molar-refractivity contribution in [1.82, 2.24) is 9.80 Å². The standard InChI is InChI=1S/C31H38N2O5/c1-23(2)14-19-38-26-11-6-10-25(22-26)29-28(27(34)13-12-24-8-4-3-5-9-24)30(35)31(36)33(29)16-7-15-32-17-20-37-21-18-32/h3-6,8-13,22-23,29,35H,7,14-21H2,1-2H3. The first kappa shape index (κ1) is 27.6. The fourth-order valence-corrected chi connectivity index (χ4v) is 4.78. The Kier molecular flexibility index (Phi) is 9.73. The molecule has 7 nitrogen and oxygen atoms in total. The number of nitrogens with zero attached hydrogens (tertiary/aromatic N) is 2. The van der Waals surface area contributed by atoms with Gasteiger partial charge in [-0.1, -0.05) is 62.4 Å². The van der Waals surface area contributed by atoms with Crippen molar-refractivity contribution >= 4 is 17.8 Å². The second kappa shape index (κ2) is 13.4. The molecule has 0 aliphatic carbocycles. The number of amides is 1. The minimum absolute atomic E-state index is 0.105. The van der Waals surface area contributed by atoms with E-state index in [0.29, 0.717) is 38.0 Å². The quantitative estimate of drug-likeness (QED) is 0.406. The Balaban J connectivity index is 1.58. The van der Waals surface area contributed by atoms with E-state index in [9.17, 15) is 14.7 Å². The summed E-state index contributed by atoms with van der Waals surface area (Å²) >= 11 is 0. The van der Waals surface area contributed by atoms with Crippen LogP contribution in [0.1, 0.15) is 43.9 Å². The lowest BCUT2D eigenvalue weighted by atomic mass is 9.95. The number of rotatable bonds is 12. The SMILES string of the molecule is CC(C)CCOc1cccc(C2C(C(=O)C=Cc3ccccc3)=C(O)C(=O)N2CCCN2CCOCC2)c1. The normalized spacial score (nSPS) is 18.7. The van der Waals surface area contributed by atoms with E-state index in [4.69, 9.17) is 9.47 Å². The van der Waals surface area contributed by atoms with E-state index in [2.05, 4.69) is 18.7 Å². The number of carbonyl (C=O) groups excluding carboxylic acids is 2. The monoisotopic (exact) mass is 518 g/mol. The first-order chi connectivity index (χ1) is 18.4. The van der Waals surface area contributed by atoms with Gasteiger partial charge in [0.25, 0.3) is 5.91 Å². The van der Waals surface area contributed by atoms with Gasteiger partial charge < -0.3 is 19.5 Å². The molecule has 1 fully saturated rings. The molecule has 0 saturated carbocycles. The molecule has 0 aromatic heterocycles. The highest BCUT2D eigenvalue weighted by Crippen LogP contribution is 2.39. The Labute approximate surface area is 225 Å².